The van der Waals surface area contributed by atoms with E-state index in [9.17, 15) is 24.1 Å². The maximum absolute atomic E-state index is 13.5. The van der Waals surface area contributed by atoms with E-state index in [2.05, 4.69) is 16.2 Å². The third-order valence-electron chi connectivity index (χ3n) is 3.60. The van der Waals surface area contributed by atoms with Crippen molar-refractivity contribution in [3.05, 3.63) is 64.5 Å². The van der Waals surface area contributed by atoms with Crippen molar-refractivity contribution in [1.82, 2.24) is 10.9 Å². The fourth-order valence-corrected chi connectivity index (χ4v) is 2.17. The molecule has 9 nitrogen and oxygen atoms in total. The monoisotopic (exact) mass is 390 g/mol. The highest BCUT2D eigenvalue weighted by atomic mass is 19.1. The second-order valence-corrected chi connectivity index (χ2v) is 5.68. The van der Waals surface area contributed by atoms with E-state index in [1.54, 1.807) is 12.1 Å². The highest BCUT2D eigenvalue weighted by Crippen LogP contribution is 2.22. The average Bonchev–Trinajstić information content (AvgIpc) is 2.68. The average molecular weight is 390 g/mol. The molecule has 0 aromatic heterocycles. The van der Waals surface area contributed by atoms with Crippen molar-refractivity contribution in [2.45, 2.75) is 19.4 Å². The summed E-state index contributed by atoms with van der Waals surface area (Å²) in [6.07, 6.45) is -1.09. The zero-order valence-electron chi connectivity index (χ0n) is 15.0. The Hall–Kier alpha value is -3.69. The van der Waals surface area contributed by atoms with E-state index in [0.717, 1.165) is 0 Å². The van der Waals surface area contributed by atoms with Crippen LogP contribution < -0.4 is 20.9 Å². The van der Waals surface area contributed by atoms with Crippen molar-refractivity contribution in [3.63, 3.8) is 0 Å². The van der Waals surface area contributed by atoms with E-state index < -0.39 is 28.7 Å². The third kappa shape index (κ3) is 5.94. The Kier molecular flexibility index (Phi) is 7.26. The Morgan fingerprint density at radius 3 is 2.54 bits per heavy atom. The number of hydrogen-bond donors (Lipinski definition) is 3. The zero-order chi connectivity index (χ0) is 20.5. The van der Waals surface area contributed by atoms with E-state index in [-0.39, 0.29) is 30.1 Å². The van der Waals surface area contributed by atoms with Crippen LogP contribution in [0.15, 0.2) is 48.5 Å². The Morgan fingerprint density at radius 1 is 1.14 bits per heavy atom. The molecule has 0 radical (unpaired) electrons. The van der Waals surface area contributed by atoms with Crippen LogP contribution in [0, 0.1) is 15.9 Å². The summed E-state index contributed by atoms with van der Waals surface area (Å²) >= 11 is 0. The van der Waals surface area contributed by atoms with Gasteiger partial charge in [0.05, 0.1) is 4.92 Å². The van der Waals surface area contributed by atoms with Gasteiger partial charge in [-0.15, -0.1) is 0 Å². The number of hydrazine groups is 1. The number of benzene rings is 2. The molecule has 0 fully saturated rings. The van der Waals surface area contributed by atoms with Gasteiger partial charge in [0.15, 0.2) is 17.7 Å². The molecule has 148 valence electrons. The minimum absolute atomic E-state index is 0.0467. The minimum Gasteiger partial charge on any atom is -0.478 e. The van der Waals surface area contributed by atoms with Gasteiger partial charge in [-0.1, -0.05) is 24.3 Å². The molecule has 0 aliphatic carbocycles. The molecule has 10 heteroatoms. The van der Waals surface area contributed by atoms with Gasteiger partial charge in [0.1, 0.15) is 5.69 Å². The van der Waals surface area contributed by atoms with E-state index in [1.165, 1.54) is 43.3 Å². The number of ether oxygens (including phenoxy) is 1. The molecule has 0 aliphatic heterocycles. The van der Waals surface area contributed by atoms with Gasteiger partial charge in [0.25, 0.3) is 11.6 Å². The topological polar surface area (TPSA) is 123 Å². The number of carbonyl (C=O) groups is 2. The lowest BCUT2D eigenvalue weighted by atomic mass is 10.2. The smallest absolute Gasteiger partial charge is 0.292 e. The number of anilines is 1. The van der Waals surface area contributed by atoms with E-state index in [0.29, 0.717) is 0 Å². The van der Waals surface area contributed by atoms with E-state index in [1.807, 2.05) is 0 Å². The number of nitro groups is 1. The molecule has 0 saturated carbocycles. The molecule has 28 heavy (non-hydrogen) atoms. The number of nitro benzene ring substituents is 1. The van der Waals surface area contributed by atoms with Gasteiger partial charge in [-0.2, -0.15) is 0 Å². The lowest BCUT2D eigenvalue weighted by Crippen LogP contribution is -2.47. The van der Waals surface area contributed by atoms with Crippen molar-refractivity contribution in [2.24, 2.45) is 0 Å². The molecule has 2 rings (SSSR count). The molecule has 0 bridgehead atoms. The maximum Gasteiger partial charge on any atom is 0.292 e. The van der Waals surface area contributed by atoms with Gasteiger partial charge >= 0.3 is 0 Å². The molecule has 3 N–H and O–H groups in total. The van der Waals surface area contributed by atoms with Crippen molar-refractivity contribution in [2.75, 3.05) is 11.9 Å². The van der Waals surface area contributed by atoms with Crippen LogP contribution in [0.25, 0.3) is 0 Å². The lowest BCUT2D eigenvalue weighted by Gasteiger charge is -2.15. The number of amides is 2. The summed E-state index contributed by atoms with van der Waals surface area (Å²) < 4.78 is 18.7. The van der Waals surface area contributed by atoms with Gasteiger partial charge in [0.2, 0.25) is 5.91 Å². The SMILES string of the molecule is CC(Oc1ccccc1F)C(=O)NNC(=O)CCNc1ccccc1[N+](=O)[O-]. The van der Waals surface area contributed by atoms with Gasteiger partial charge in [-0.3, -0.25) is 30.6 Å². The van der Waals surface area contributed by atoms with Crippen molar-refractivity contribution in [1.29, 1.82) is 0 Å². The molecule has 2 aromatic carbocycles. The summed E-state index contributed by atoms with van der Waals surface area (Å²) in [6, 6.07) is 11.7. The fourth-order valence-electron chi connectivity index (χ4n) is 2.17. The predicted molar refractivity (Wildman–Crippen MR) is 99.0 cm³/mol. The quantitative estimate of drug-likeness (QED) is 0.469. The number of nitrogens with zero attached hydrogens (tertiary/aromatic N) is 1. The molecule has 0 aliphatic rings. The second-order valence-electron chi connectivity index (χ2n) is 5.68. The first-order valence-electron chi connectivity index (χ1n) is 8.35. The number of nitrogens with one attached hydrogen (secondary N) is 3. The molecule has 0 spiro atoms. The predicted octanol–water partition coefficient (Wildman–Crippen LogP) is 2.15. The van der Waals surface area contributed by atoms with Gasteiger partial charge in [0, 0.05) is 19.0 Å². The molecule has 0 heterocycles. The number of para-hydroxylation sites is 3. The zero-order valence-corrected chi connectivity index (χ0v) is 15.0. The molecular formula is C18H19FN4O5. The van der Waals surface area contributed by atoms with Crippen LogP contribution in [-0.4, -0.2) is 29.4 Å². The maximum atomic E-state index is 13.5. The van der Waals surface area contributed by atoms with E-state index in [4.69, 9.17) is 4.74 Å². The number of carbonyl (C=O) groups excluding carboxylic acids is 2. The number of rotatable bonds is 8. The lowest BCUT2D eigenvalue weighted by molar-refractivity contribution is -0.384. The van der Waals surface area contributed by atoms with Crippen LogP contribution >= 0.6 is 0 Å². The highest BCUT2D eigenvalue weighted by Gasteiger charge is 2.17. The van der Waals surface area contributed by atoms with Gasteiger partial charge < -0.3 is 10.1 Å². The molecule has 1 atom stereocenters. The van der Waals surface area contributed by atoms with Crippen LogP contribution in [0.3, 0.4) is 0 Å². The van der Waals surface area contributed by atoms with Crippen molar-refractivity contribution < 1.29 is 23.6 Å². The first-order valence-corrected chi connectivity index (χ1v) is 8.35. The minimum atomic E-state index is -1.04. The summed E-state index contributed by atoms with van der Waals surface area (Å²) in [4.78, 5) is 34.1. The Balaban J connectivity index is 1.74. The highest BCUT2D eigenvalue weighted by molar-refractivity contribution is 5.84. The van der Waals surface area contributed by atoms with Crippen LogP contribution in [0.4, 0.5) is 15.8 Å². The molecule has 2 amide bonds. The largest absolute Gasteiger partial charge is 0.478 e. The summed E-state index contributed by atoms with van der Waals surface area (Å²) in [6.45, 7) is 1.53. The van der Waals surface area contributed by atoms with Crippen molar-refractivity contribution in [3.8, 4) is 5.75 Å². The summed E-state index contributed by atoms with van der Waals surface area (Å²) in [5.41, 5.74) is 4.57. The second kappa shape index (κ2) is 9.86. The van der Waals surface area contributed by atoms with Crippen molar-refractivity contribution >= 4 is 23.2 Å². The van der Waals surface area contributed by atoms with Crippen LogP contribution in [0.2, 0.25) is 0 Å². The molecule has 2 aromatic rings. The Labute approximate surface area is 160 Å². The van der Waals surface area contributed by atoms with Crippen LogP contribution in [0.1, 0.15) is 13.3 Å². The normalized spacial score (nSPS) is 11.2. The first-order chi connectivity index (χ1) is 13.4. The van der Waals surface area contributed by atoms with Gasteiger partial charge in [-0.25, -0.2) is 4.39 Å². The first kappa shape index (κ1) is 20.6. The number of hydrogen-bond acceptors (Lipinski definition) is 6. The van der Waals surface area contributed by atoms with Crippen LogP contribution in [0.5, 0.6) is 5.75 Å². The van der Waals surface area contributed by atoms with E-state index >= 15 is 0 Å². The number of halogens is 1. The fraction of sp³-hybridized carbons (Fsp3) is 0.222. The molecular weight excluding hydrogens is 371 g/mol. The Bertz CT molecular complexity index is 861. The van der Waals surface area contributed by atoms with Crippen LogP contribution in [-0.2, 0) is 9.59 Å². The summed E-state index contributed by atoms with van der Waals surface area (Å²) in [5, 5.41) is 13.7. The molecule has 0 saturated heterocycles. The van der Waals surface area contributed by atoms with Gasteiger partial charge in [-0.05, 0) is 25.1 Å². The Morgan fingerprint density at radius 2 is 1.82 bits per heavy atom. The standard InChI is InChI=1S/C18H19FN4O5/c1-12(28-16-9-5-2-6-13(16)19)18(25)22-21-17(24)10-11-20-14-7-3-4-8-15(14)23(26)27/h2-9,12,20H,10-11H2,1H3,(H,21,24)(H,22,25). The molecule has 1 unspecified atom stereocenters. The summed E-state index contributed by atoms with van der Waals surface area (Å²) in [5.74, 6) is -1.86. The summed E-state index contributed by atoms with van der Waals surface area (Å²) in [7, 11) is 0. The third-order valence-corrected chi connectivity index (χ3v) is 3.60.